The summed E-state index contributed by atoms with van der Waals surface area (Å²) < 4.78 is 5.73. The quantitative estimate of drug-likeness (QED) is 0.880. The van der Waals surface area contributed by atoms with E-state index in [2.05, 4.69) is 29.6 Å². The third kappa shape index (κ3) is 1.74. The monoisotopic (exact) mass is 243 g/mol. The molecule has 2 bridgehead atoms. The van der Waals surface area contributed by atoms with Crippen LogP contribution in [0.4, 0.5) is 0 Å². The highest BCUT2D eigenvalue weighted by Gasteiger charge is 2.39. The molecule has 18 heavy (non-hydrogen) atoms. The summed E-state index contributed by atoms with van der Waals surface area (Å²) >= 11 is 0. The molecule has 1 aromatic rings. The van der Waals surface area contributed by atoms with Gasteiger partial charge in [0.25, 0.3) is 0 Å². The van der Waals surface area contributed by atoms with Gasteiger partial charge in [0.15, 0.2) is 0 Å². The van der Waals surface area contributed by atoms with Crippen molar-refractivity contribution >= 4 is 0 Å². The SMILES string of the molecule is c1ccc2c(c1)OCC2NCC1CC2CCC1C2. The summed E-state index contributed by atoms with van der Waals surface area (Å²) in [5, 5.41) is 3.74. The largest absolute Gasteiger partial charge is 0.491 e. The van der Waals surface area contributed by atoms with Crippen molar-refractivity contribution in [3.63, 3.8) is 0 Å². The van der Waals surface area contributed by atoms with E-state index in [1.165, 1.54) is 37.8 Å². The molecule has 0 saturated heterocycles. The molecule has 0 spiro atoms. The van der Waals surface area contributed by atoms with Crippen LogP contribution in [0.2, 0.25) is 0 Å². The first-order valence-corrected chi connectivity index (χ1v) is 7.35. The van der Waals surface area contributed by atoms with Crippen LogP contribution in [0.3, 0.4) is 0 Å². The lowest BCUT2D eigenvalue weighted by Crippen LogP contribution is -2.30. The minimum atomic E-state index is 0.417. The van der Waals surface area contributed by atoms with Crippen LogP contribution in [0.25, 0.3) is 0 Å². The Kier molecular flexibility index (Phi) is 2.58. The van der Waals surface area contributed by atoms with Gasteiger partial charge in [0.05, 0.1) is 6.04 Å². The highest BCUT2D eigenvalue weighted by molar-refractivity contribution is 5.39. The van der Waals surface area contributed by atoms with Crippen molar-refractivity contribution in [1.29, 1.82) is 0 Å². The number of rotatable bonds is 3. The van der Waals surface area contributed by atoms with E-state index in [-0.39, 0.29) is 0 Å². The molecule has 2 fully saturated rings. The second-order valence-electron chi connectivity index (χ2n) is 6.24. The summed E-state index contributed by atoms with van der Waals surface area (Å²) in [6, 6.07) is 8.85. The zero-order valence-corrected chi connectivity index (χ0v) is 10.8. The molecule has 4 rings (SSSR count). The average molecular weight is 243 g/mol. The van der Waals surface area contributed by atoms with Gasteiger partial charge in [0, 0.05) is 5.56 Å². The van der Waals surface area contributed by atoms with E-state index < -0.39 is 0 Å². The topological polar surface area (TPSA) is 21.3 Å². The number of nitrogens with one attached hydrogen (secondary N) is 1. The fourth-order valence-electron chi connectivity index (χ4n) is 4.25. The summed E-state index contributed by atoms with van der Waals surface area (Å²) in [4.78, 5) is 0. The van der Waals surface area contributed by atoms with Crippen LogP contribution in [0.5, 0.6) is 5.75 Å². The number of benzene rings is 1. The van der Waals surface area contributed by atoms with Crippen molar-refractivity contribution in [3.05, 3.63) is 29.8 Å². The molecule has 1 heterocycles. The van der Waals surface area contributed by atoms with E-state index in [1.54, 1.807) is 0 Å². The molecule has 2 nitrogen and oxygen atoms in total. The van der Waals surface area contributed by atoms with Gasteiger partial charge in [0.1, 0.15) is 12.4 Å². The molecule has 4 atom stereocenters. The highest BCUT2D eigenvalue weighted by atomic mass is 16.5. The van der Waals surface area contributed by atoms with Gasteiger partial charge in [-0.3, -0.25) is 0 Å². The molecule has 2 saturated carbocycles. The molecule has 2 heteroatoms. The van der Waals surface area contributed by atoms with E-state index in [9.17, 15) is 0 Å². The summed E-state index contributed by atoms with van der Waals surface area (Å²) in [6.07, 6.45) is 5.95. The lowest BCUT2D eigenvalue weighted by molar-refractivity contribution is 0.274. The van der Waals surface area contributed by atoms with Crippen molar-refractivity contribution in [2.75, 3.05) is 13.2 Å². The average Bonchev–Trinajstić information content (AvgIpc) is 3.11. The smallest absolute Gasteiger partial charge is 0.124 e. The second-order valence-corrected chi connectivity index (χ2v) is 6.24. The number of hydrogen-bond acceptors (Lipinski definition) is 2. The van der Waals surface area contributed by atoms with Crippen molar-refractivity contribution in [2.45, 2.75) is 31.7 Å². The van der Waals surface area contributed by atoms with Crippen LogP contribution in [0, 0.1) is 17.8 Å². The van der Waals surface area contributed by atoms with E-state index >= 15 is 0 Å². The standard InChI is InChI=1S/C16H21NO/c1-2-4-16-14(3-1)15(10-18-16)17-9-13-8-11-5-6-12(13)7-11/h1-4,11-13,15,17H,5-10H2. The first kappa shape index (κ1) is 10.9. The normalized spacial score (nSPS) is 36.7. The molecule has 1 aromatic carbocycles. The van der Waals surface area contributed by atoms with Gasteiger partial charge in [-0.2, -0.15) is 0 Å². The molecule has 1 aliphatic heterocycles. The molecule has 96 valence electrons. The predicted molar refractivity (Wildman–Crippen MR) is 71.6 cm³/mol. The fraction of sp³-hybridized carbons (Fsp3) is 0.625. The number of para-hydroxylation sites is 1. The van der Waals surface area contributed by atoms with Crippen LogP contribution in [0.1, 0.15) is 37.3 Å². The van der Waals surface area contributed by atoms with Crippen LogP contribution in [-0.2, 0) is 0 Å². The van der Waals surface area contributed by atoms with E-state index in [0.29, 0.717) is 6.04 Å². The summed E-state index contributed by atoms with van der Waals surface area (Å²) in [5.74, 6) is 4.06. The van der Waals surface area contributed by atoms with Crippen molar-refractivity contribution in [2.24, 2.45) is 17.8 Å². The lowest BCUT2D eigenvalue weighted by atomic mass is 9.88. The number of fused-ring (bicyclic) bond motifs is 3. The zero-order chi connectivity index (χ0) is 11.9. The number of ether oxygens (including phenoxy) is 1. The van der Waals surface area contributed by atoms with Gasteiger partial charge in [-0.1, -0.05) is 24.6 Å². The van der Waals surface area contributed by atoms with Crippen LogP contribution in [-0.4, -0.2) is 13.2 Å². The van der Waals surface area contributed by atoms with E-state index in [1.807, 2.05) is 0 Å². The maximum Gasteiger partial charge on any atom is 0.124 e. The number of hydrogen-bond donors (Lipinski definition) is 1. The minimum Gasteiger partial charge on any atom is -0.491 e. The minimum absolute atomic E-state index is 0.417. The fourth-order valence-corrected chi connectivity index (χ4v) is 4.25. The molecule has 4 unspecified atom stereocenters. The maximum absolute atomic E-state index is 5.73. The summed E-state index contributed by atoms with van der Waals surface area (Å²) in [7, 11) is 0. The zero-order valence-electron chi connectivity index (χ0n) is 10.8. The molecule has 3 aliphatic rings. The van der Waals surface area contributed by atoms with Crippen molar-refractivity contribution in [1.82, 2.24) is 5.32 Å². The van der Waals surface area contributed by atoms with E-state index in [0.717, 1.165) is 30.1 Å². The molecule has 0 radical (unpaired) electrons. The molecule has 2 aliphatic carbocycles. The van der Waals surface area contributed by atoms with Crippen molar-refractivity contribution in [3.8, 4) is 5.75 Å². The summed E-state index contributed by atoms with van der Waals surface area (Å²) in [6.45, 7) is 1.99. The highest BCUT2D eigenvalue weighted by Crippen LogP contribution is 2.48. The van der Waals surface area contributed by atoms with Gasteiger partial charge in [-0.15, -0.1) is 0 Å². The Morgan fingerprint density at radius 1 is 1.17 bits per heavy atom. The van der Waals surface area contributed by atoms with Gasteiger partial charge >= 0.3 is 0 Å². The lowest BCUT2D eigenvalue weighted by Gasteiger charge is -2.23. The molecule has 1 N–H and O–H groups in total. The van der Waals surface area contributed by atoms with Gasteiger partial charge in [0.2, 0.25) is 0 Å². The van der Waals surface area contributed by atoms with Gasteiger partial charge < -0.3 is 10.1 Å². The Morgan fingerprint density at radius 2 is 2.11 bits per heavy atom. The molecule has 0 aromatic heterocycles. The van der Waals surface area contributed by atoms with Gasteiger partial charge in [-0.25, -0.2) is 0 Å². The molecular weight excluding hydrogens is 222 g/mol. The Balaban J connectivity index is 1.39. The maximum atomic E-state index is 5.73. The van der Waals surface area contributed by atoms with Gasteiger partial charge in [-0.05, 0) is 49.6 Å². The third-order valence-electron chi connectivity index (χ3n) is 5.21. The summed E-state index contributed by atoms with van der Waals surface area (Å²) in [5.41, 5.74) is 1.35. The van der Waals surface area contributed by atoms with Crippen LogP contribution in [0.15, 0.2) is 24.3 Å². The third-order valence-corrected chi connectivity index (χ3v) is 5.21. The first-order valence-electron chi connectivity index (χ1n) is 7.35. The predicted octanol–water partition coefficient (Wildman–Crippen LogP) is 3.15. The van der Waals surface area contributed by atoms with Crippen LogP contribution < -0.4 is 10.1 Å². The molecular formula is C16H21NO. The van der Waals surface area contributed by atoms with Crippen LogP contribution >= 0.6 is 0 Å². The van der Waals surface area contributed by atoms with Crippen molar-refractivity contribution < 1.29 is 4.74 Å². The van der Waals surface area contributed by atoms with E-state index in [4.69, 9.17) is 4.74 Å². The Bertz CT molecular complexity index is 444. The Morgan fingerprint density at radius 3 is 2.94 bits per heavy atom. The Hall–Kier alpha value is -1.02. The molecule has 0 amide bonds. The first-order chi connectivity index (χ1) is 8.90. The Labute approximate surface area is 109 Å². The second kappa shape index (κ2) is 4.27.